The van der Waals surface area contributed by atoms with Gasteiger partial charge in [0.1, 0.15) is 16.1 Å². The zero-order valence-electron chi connectivity index (χ0n) is 10.1. The van der Waals surface area contributed by atoms with Crippen LogP contribution in [-0.4, -0.2) is 15.5 Å². The summed E-state index contributed by atoms with van der Waals surface area (Å²) in [6.07, 6.45) is 5.90. The van der Waals surface area contributed by atoms with Gasteiger partial charge in [0.25, 0.3) is 0 Å². The van der Waals surface area contributed by atoms with Crippen LogP contribution in [0.4, 0.5) is 0 Å². The van der Waals surface area contributed by atoms with Crippen LogP contribution in [0.2, 0.25) is 0 Å². The first-order valence-electron chi connectivity index (χ1n) is 5.77. The summed E-state index contributed by atoms with van der Waals surface area (Å²) in [5.41, 5.74) is 0.231. The summed E-state index contributed by atoms with van der Waals surface area (Å²) in [7, 11) is 0. The molecule has 0 aromatic rings. The van der Waals surface area contributed by atoms with E-state index in [1.165, 1.54) is 19.3 Å². The largest absolute Gasteiger partial charge is 0.591 e. The van der Waals surface area contributed by atoms with E-state index in [0.29, 0.717) is 0 Å². The third kappa shape index (κ3) is 2.56. The number of fused-ring (bicyclic) bond motifs is 1. The van der Waals surface area contributed by atoms with Crippen LogP contribution in [0.1, 0.15) is 47.0 Å². The highest BCUT2D eigenvalue weighted by molar-refractivity contribution is 7.91. The normalized spacial score (nSPS) is 41.9. The van der Waals surface area contributed by atoms with E-state index in [1.54, 1.807) is 0 Å². The molecule has 0 aliphatic heterocycles. The van der Waals surface area contributed by atoms with E-state index in [0.717, 1.165) is 11.8 Å². The molecule has 0 spiro atoms. The van der Waals surface area contributed by atoms with Gasteiger partial charge >= 0.3 is 0 Å². The van der Waals surface area contributed by atoms with Gasteiger partial charge < -0.3 is 4.55 Å². The molecule has 2 fully saturated rings. The lowest BCUT2D eigenvalue weighted by atomic mass is 9.87. The lowest BCUT2D eigenvalue weighted by Gasteiger charge is -2.22. The van der Waals surface area contributed by atoms with Crippen LogP contribution in [0.3, 0.4) is 0 Å². The first-order valence-corrected chi connectivity index (χ1v) is 6.88. The molecule has 3 heteroatoms. The molecule has 2 saturated carbocycles. The molecule has 86 valence electrons. The van der Waals surface area contributed by atoms with Gasteiger partial charge in [0.15, 0.2) is 0 Å². The van der Waals surface area contributed by atoms with Gasteiger partial charge in [-0.05, 0) is 51.9 Å². The molecule has 0 heterocycles. The average molecular weight is 227 g/mol. The molecule has 0 radical (unpaired) electrons. The summed E-state index contributed by atoms with van der Waals surface area (Å²) in [4.78, 5) is 0. The first-order chi connectivity index (χ1) is 6.80. The van der Waals surface area contributed by atoms with Crippen LogP contribution in [0, 0.1) is 17.3 Å². The van der Waals surface area contributed by atoms with Gasteiger partial charge in [-0.15, -0.1) is 0 Å². The molecule has 0 N–H and O–H groups in total. The fourth-order valence-corrected chi connectivity index (χ4v) is 3.20. The van der Waals surface area contributed by atoms with Crippen LogP contribution >= 0.6 is 0 Å². The summed E-state index contributed by atoms with van der Waals surface area (Å²) in [6.45, 7) is 8.15. The van der Waals surface area contributed by atoms with Gasteiger partial charge in [0.2, 0.25) is 0 Å². The highest BCUT2D eigenvalue weighted by atomic mass is 32.2. The average Bonchev–Trinajstić information content (AvgIpc) is 2.70. The fourth-order valence-electron chi connectivity index (χ4n) is 2.53. The Morgan fingerprint density at radius 1 is 1.33 bits per heavy atom. The maximum absolute atomic E-state index is 11.8. The topological polar surface area (TPSA) is 35.4 Å². The molecule has 2 nitrogen and oxygen atoms in total. The van der Waals surface area contributed by atoms with E-state index in [1.807, 2.05) is 27.0 Å². The third-order valence-electron chi connectivity index (χ3n) is 3.51. The minimum atomic E-state index is -1.09. The van der Waals surface area contributed by atoms with Crippen molar-refractivity contribution < 1.29 is 4.55 Å². The number of rotatable bonds is 2. The zero-order chi connectivity index (χ0) is 11.3. The standard InChI is InChI=1S/C12H21NOS/c1-11(2,3)15(14)13-8-12(4)6-9-5-10(9)7-12/h8-10H,5-7H2,1-4H3/t9?,10?,12?,15-/m1/s1. The van der Waals surface area contributed by atoms with Crippen molar-refractivity contribution in [1.29, 1.82) is 0 Å². The molecule has 0 aromatic heterocycles. The second kappa shape index (κ2) is 3.49. The quantitative estimate of drug-likeness (QED) is 0.527. The minimum absolute atomic E-state index is 0.228. The lowest BCUT2D eigenvalue weighted by Crippen LogP contribution is -2.27. The maximum atomic E-state index is 11.8. The highest BCUT2D eigenvalue weighted by Gasteiger charge is 2.51. The van der Waals surface area contributed by atoms with E-state index >= 15 is 0 Å². The summed E-state index contributed by atoms with van der Waals surface area (Å²) in [5.74, 6) is 1.90. The van der Waals surface area contributed by atoms with E-state index in [4.69, 9.17) is 0 Å². The highest BCUT2D eigenvalue weighted by Crippen LogP contribution is 2.59. The minimum Gasteiger partial charge on any atom is -0.591 e. The fraction of sp³-hybridized carbons (Fsp3) is 0.917. The Labute approximate surface area is 95.9 Å². The molecule has 0 aromatic carbocycles. The predicted molar refractivity (Wildman–Crippen MR) is 65.3 cm³/mol. The van der Waals surface area contributed by atoms with Gasteiger partial charge in [0.05, 0.1) is 6.21 Å². The Morgan fingerprint density at radius 3 is 2.33 bits per heavy atom. The third-order valence-corrected chi connectivity index (χ3v) is 4.85. The summed E-state index contributed by atoms with van der Waals surface area (Å²) >= 11 is -1.09. The number of hydrogen-bond acceptors (Lipinski definition) is 2. The molecule has 3 atom stereocenters. The molecular weight excluding hydrogens is 206 g/mol. The van der Waals surface area contributed by atoms with Gasteiger partial charge in [-0.2, -0.15) is 0 Å². The van der Waals surface area contributed by atoms with Gasteiger partial charge in [-0.3, -0.25) is 0 Å². The second-order valence-electron chi connectivity index (χ2n) is 6.41. The van der Waals surface area contributed by atoms with Crippen molar-refractivity contribution in [3.05, 3.63) is 0 Å². The van der Waals surface area contributed by atoms with Gasteiger partial charge in [0, 0.05) is 5.41 Å². The zero-order valence-corrected chi connectivity index (χ0v) is 10.9. The van der Waals surface area contributed by atoms with Crippen molar-refractivity contribution in [3.63, 3.8) is 0 Å². The molecule has 2 unspecified atom stereocenters. The van der Waals surface area contributed by atoms with E-state index in [-0.39, 0.29) is 10.2 Å². The van der Waals surface area contributed by atoms with Gasteiger partial charge in [-0.1, -0.05) is 11.3 Å². The van der Waals surface area contributed by atoms with E-state index in [2.05, 4.69) is 11.3 Å². The smallest absolute Gasteiger partial charge is 0.144 e. The summed E-state index contributed by atoms with van der Waals surface area (Å²) in [5, 5.41) is 0. The van der Waals surface area contributed by atoms with Crippen LogP contribution in [0.5, 0.6) is 0 Å². The maximum Gasteiger partial charge on any atom is 0.144 e. The second-order valence-corrected chi connectivity index (χ2v) is 8.35. The molecule has 0 saturated heterocycles. The van der Waals surface area contributed by atoms with Crippen molar-refractivity contribution in [2.75, 3.05) is 0 Å². The SMILES string of the molecule is CC1(C=N[S@+]([O-])C(C)(C)C)CC2CC2C1. The Kier molecular flexibility index (Phi) is 2.67. The number of nitrogens with zero attached hydrogens (tertiary/aromatic N) is 1. The number of hydrogen-bond donors (Lipinski definition) is 0. The molecule has 0 amide bonds. The molecular formula is C12H21NOS. The van der Waals surface area contributed by atoms with Crippen LogP contribution in [-0.2, 0) is 11.4 Å². The molecule has 2 aliphatic carbocycles. The monoisotopic (exact) mass is 227 g/mol. The molecule has 2 aliphatic rings. The molecule has 15 heavy (non-hydrogen) atoms. The van der Waals surface area contributed by atoms with Gasteiger partial charge in [-0.25, -0.2) is 0 Å². The predicted octanol–water partition coefficient (Wildman–Crippen LogP) is 2.96. The first kappa shape index (κ1) is 11.5. The van der Waals surface area contributed by atoms with Crippen molar-refractivity contribution in [3.8, 4) is 0 Å². The Balaban J connectivity index is 1.93. The Morgan fingerprint density at radius 2 is 1.87 bits per heavy atom. The summed E-state index contributed by atoms with van der Waals surface area (Å²) in [6, 6.07) is 0. The van der Waals surface area contributed by atoms with E-state index in [9.17, 15) is 4.55 Å². The van der Waals surface area contributed by atoms with Crippen molar-refractivity contribution >= 4 is 17.6 Å². The van der Waals surface area contributed by atoms with Crippen molar-refractivity contribution in [2.24, 2.45) is 21.6 Å². The van der Waals surface area contributed by atoms with Crippen LogP contribution in [0.25, 0.3) is 0 Å². The summed E-state index contributed by atoms with van der Waals surface area (Å²) < 4.78 is 15.8. The van der Waals surface area contributed by atoms with Crippen LogP contribution < -0.4 is 0 Å². The molecule has 0 bridgehead atoms. The van der Waals surface area contributed by atoms with Crippen molar-refractivity contribution in [2.45, 2.75) is 51.7 Å². The Bertz CT molecular complexity index is 272. The van der Waals surface area contributed by atoms with Crippen LogP contribution in [0.15, 0.2) is 4.40 Å². The van der Waals surface area contributed by atoms with Crippen molar-refractivity contribution in [1.82, 2.24) is 0 Å². The van der Waals surface area contributed by atoms with E-state index < -0.39 is 11.4 Å². The molecule has 2 rings (SSSR count). The Hall–Kier alpha value is -0.0200. The lowest BCUT2D eigenvalue weighted by molar-refractivity contribution is 0.441.